The van der Waals surface area contributed by atoms with Crippen LogP contribution in [0.1, 0.15) is 0 Å². The Morgan fingerprint density at radius 3 is 2.00 bits per heavy atom. The van der Waals surface area contributed by atoms with Crippen molar-refractivity contribution in [2.24, 2.45) is 0 Å². The molecule has 0 radical (unpaired) electrons. The van der Waals surface area contributed by atoms with Gasteiger partial charge in [0.15, 0.2) is 5.65 Å². The van der Waals surface area contributed by atoms with E-state index in [-0.39, 0.29) is 17.5 Å². The highest BCUT2D eigenvalue weighted by Gasteiger charge is 2.15. The van der Waals surface area contributed by atoms with Crippen molar-refractivity contribution >= 4 is 22.8 Å². The molecule has 0 aliphatic carbocycles. The molecule has 1 N–H and O–H groups in total. The minimum atomic E-state index is -0.374. The summed E-state index contributed by atoms with van der Waals surface area (Å²) in [5, 5.41) is 2.62. The molecule has 0 fully saturated rings. The molecule has 0 spiro atoms. The topological polar surface area (TPSA) is 67.8 Å². The quantitative estimate of drug-likeness (QED) is 0.512. The number of nitrogens with zero attached hydrogens (tertiary/aromatic N) is 3. The van der Waals surface area contributed by atoms with E-state index in [1.54, 1.807) is 30.3 Å². The lowest BCUT2D eigenvalue weighted by Gasteiger charge is -2.11. The molecule has 0 saturated heterocycles. The second-order valence-electron chi connectivity index (χ2n) is 6.19. The monoisotopic (exact) mass is 388 g/mol. The van der Waals surface area contributed by atoms with E-state index in [1.165, 1.54) is 30.5 Å². The van der Waals surface area contributed by atoms with Crippen molar-refractivity contribution in [1.82, 2.24) is 15.0 Å². The molecule has 7 heteroatoms. The van der Waals surface area contributed by atoms with Crippen molar-refractivity contribution in [3.05, 3.63) is 85.1 Å². The van der Waals surface area contributed by atoms with Crippen molar-refractivity contribution in [2.75, 3.05) is 5.32 Å². The second kappa shape index (κ2) is 7.55. The van der Waals surface area contributed by atoms with Gasteiger partial charge in [-0.2, -0.15) is 0 Å². The molecule has 0 aliphatic rings. The molecule has 2 heterocycles. The minimum Gasteiger partial charge on any atom is -0.321 e. The summed E-state index contributed by atoms with van der Waals surface area (Å²) < 4.78 is 26.8. The number of rotatable bonds is 4. The lowest BCUT2D eigenvalue weighted by molar-refractivity contribution is -0.111. The van der Waals surface area contributed by atoms with E-state index < -0.39 is 0 Å². The maximum Gasteiger partial charge on any atom is 0.247 e. The number of pyridine rings is 1. The Balaban J connectivity index is 1.92. The van der Waals surface area contributed by atoms with Gasteiger partial charge >= 0.3 is 0 Å². The maximum atomic E-state index is 13.4. The van der Waals surface area contributed by atoms with Crippen molar-refractivity contribution in [3.63, 3.8) is 0 Å². The van der Waals surface area contributed by atoms with E-state index in [1.807, 2.05) is 0 Å². The zero-order chi connectivity index (χ0) is 20.4. The molecule has 29 heavy (non-hydrogen) atoms. The number of benzene rings is 2. The van der Waals surface area contributed by atoms with Crippen LogP contribution in [-0.2, 0) is 4.79 Å². The summed E-state index contributed by atoms with van der Waals surface area (Å²) in [6, 6.07) is 13.3. The number of hydrogen-bond acceptors (Lipinski definition) is 4. The number of hydrogen-bond donors (Lipinski definition) is 1. The van der Waals surface area contributed by atoms with Crippen LogP contribution in [0.15, 0.2) is 73.4 Å². The van der Waals surface area contributed by atoms with Crippen LogP contribution in [0.2, 0.25) is 0 Å². The molecule has 142 valence electrons. The molecule has 1 amide bonds. The smallest absolute Gasteiger partial charge is 0.247 e. The van der Waals surface area contributed by atoms with Gasteiger partial charge in [0.05, 0.1) is 23.3 Å². The predicted molar refractivity (Wildman–Crippen MR) is 107 cm³/mol. The number of halogens is 2. The first-order chi connectivity index (χ1) is 14.0. The molecule has 0 aliphatic heterocycles. The minimum absolute atomic E-state index is 0.354. The van der Waals surface area contributed by atoms with E-state index in [0.717, 1.165) is 6.08 Å². The lowest BCUT2D eigenvalue weighted by atomic mass is 10.0. The van der Waals surface area contributed by atoms with E-state index >= 15 is 0 Å². The van der Waals surface area contributed by atoms with Gasteiger partial charge in [-0.05, 0) is 60.7 Å². The van der Waals surface area contributed by atoms with Crippen LogP contribution in [0, 0.1) is 11.6 Å². The average Bonchev–Trinajstić information content (AvgIpc) is 2.74. The van der Waals surface area contributed by atoms with Gasteiger partial charge in [0.1, 0.15) is 17.2 Å². The Kier molecular flexibility index (Phi) is 4.78. The number of amides is 1. The van der Waals surface area contributed by atoms with Gasteiger partial charge in [-0.15, -0.1) is 0 Å². The first kappa shape index (κ1) is 18.4. The zero-order valence-electron chi connectivity index (χ0n) is 15.1. The zero-order valence-corrected chi connectivity index (χ0v) is 15.1. The summed E-state index contributed by atoms with van der Waals surface area (Å²) >= 11 is 0. The highest BCUT2D eigenvalue weighted by Crippen LogP contribution is 2.31. The Labute approximate surface area is 164 Å². The Morgan fingerprint density at radius 2 is 1.45 bits per heavy atom. The fourth-order valence-corrected chi connectivity index (χ4v) is 2.83. The molecule has 0 unspecified atom stereocenters. The van der Waals surface area contributed by atoms with Crippen LogP contribution in [0.4, 0.5) is 14.5 Å². The van der Waals surface area contributed by atoms with E-state index in [0.29, 0.717) is 39.4 Å². The summed E-state index contributed by atoms with van der Waals surface area (Å²) in [7, 11) is 0. The molecule has 4 rings (SSSR count). The standard InChI is InChI=1S/C22H14F2N4O/c1-2-19(29)26-17-11-18-22(25-12-17)28-21(14-5-9-16(24)10-6-14)20(27-18)13-3-7-15(23)8-4-13/h2-12H,1H2,(H,26,29). The van der Waals surface area contributed by atoms with Gasteiger partial charge in [-0.25, -0.2) is 23.7 Å². The third-order valence-electron chi connectivity index (χ3n) is 4.21. The van der Waals surface area contributed by atoms with Gasteiger partial charge in [0.2, 0.25) is 5.91 Å². The first-order valence-corrected chi connectivity index (χ1v) is 8.66. The summed E-state index contributed by atoms with van der Waals surface area (Å²) in [4.78, 5) is 25.1. The third kappa shape index (κ3) is 3.84. The SMILES string of the molecule is C=CC(=O)Nc1cnc2nc(-c3ccc(F)cc3)c(-c3ccc(F)cc3)nc2c1. The number of carbonyl (C=O) groups excluding carboxylic acids is 1. The molecule has 2 aromatic carbocycles. The fourth-order valence-electron chi connectivity index (χ4n) is 2.83. The van der Waals surface area contributed by atoms with Crippen molar-refractivity contribution < 1.29 is 13.6 Å². The molecule has 0 bridgehead atoms. The Hall–Kier alpha value is -4.00. The number of carbonyl (C=O) groups is 1. The average molecular weight is 388 g/mol. The molecule has 0 atom stereocenters. The van der Waals surface area contributed by atoms with Crippen LogP contribution < -0.4 is 5.32 Å². The van der Waals surface area contributed by atoms with Gasteiger partial charge in [-0.3, -0.25) is 4.79 Å². The summed E-state index contributed by atoms with van der Waals surface area (Å²) in [6.45, 7) is 3.41. The van der Waals surface area contributed by atoms with Gasteiger partial charge in [0, 0.05) is 11.1 Å². The van der Waals surface area contributed by atoms with E-state index in [4.69, 9.17) is 0 Å². The second-order valence-corrected chi connectivity index (χ2v) is 6.19. The number of nitrogens with one attached hydrogen (secondary N) is 1. The summed E-state index contributed by atoms with van der Waals surface area (Å²) in [5.74, 6) is -1.12. The summed E-state index contributed by atoms with van der Waals surface area (Å²) in [6.07, 6.45) is 2.61. The van der Waals surface area contributed by atoms with E-state index in [9.17, 15) is 13.6 Å². The lowest BCUT2D eigenvalue weighted by Crippen LogP contribution is -2.08. The Morgan fingerprint density at radius 1 is 0.897 bits per heavy atom. The molecule has 0 saturated carbocycles. The normalized spacial score (nSPS) is 10.7. The number of fused-ring (bicyclic) bond motifs is 1. The first-order valence-electron chi connectivity index (χ1n) is 8.66. The maximum absolute atomic E-state index is 13.4. The molecular formula is C22H14F2N4O. The third-order valence-corrected chi connectivity index (χ3v) is 4.21. The van der Waals surface area contributed by atoms with Crippen LogP contribution in [0.25, 0.3) is 33.7 Å². The molecule has 4 aromatic rings. The highest BCUT2D eigenvalue weighted by atomic mass is 19.1. The van der Waals surface area contributed by atoms with Crippen molar-refractivity contribution in [3.8, 4) is 22.5 Å². The van der Waals surface area contributed by atoms with E-state index in [2.05, 4.69) is 26.8 Å². The molecule has 2 aromatic heterocycles. The van der Waals surface area contributed by atoms with Crippen LogP contribution in [0.3, 0.4) is 0 Å². The largest absolute Gasteiger partial charge is 0.321 e. The Bertz CT molecular complexity index is 1220. The summed E-state index contributed by atoms with van der Waals surface area (Å²) in [5.41, 5.74) is 3.49. The predicted octanol–water partition coefficient (Wildman–Crippen LogP) is 4.76. The van der Waals surface area contributed by atoms with Crippen LogP contribution >= 0.6 is 0 Å². The van der Waals surface area contributed by atoms with Crippen LogP contribution in [-0.4, -0.2) is 20.9 Å². The van der Waals surface area contributed by atoms with Crippen LogP contribution in [0.5, 0.6) is 0 Å². The highest BCUT2D eigenvalue weighted by molar-refractivity contribution is 5.99. The van der Waals surface area contributed by atoms with Crippen molar-refractivity contribution in [2.45, 2.75) is 0 Å². The molecule has 5 nitrogen and oxygen atoms in total. The van der Waals surface area contributed by atoms with Crippen molar-refractivity contribution in [1.29, 1.82) is 0 Å². The number of anilines is 1. The van der Waals surface area contributed by atoms with Gasteiger partial charge in [0.25, 0.3) is 0 Å². The molecular weight excluding hydrogens is 374 g/mol. The number of aromatic nitrogens is 3. The van der Waals surface area contributed by atoms with Gasteiger partial charge in [-0.1, -0.05) is 6.58 Å². The fraction of sp³-hybridized carbons (Fsp3) is 0. The van der Waals surface area contributed by atoms with Gasteiger partial charge < -0.3 is 5.32 Å².